The van der Waals surface area contributed by atoms with Gasteiger partial charge < -0.3 is 14.2 Å². The van der Waals surface area contributed by atoms with Crippen LogP contribution in [0, 0.1) is 5.82 Å². The van der Waals surface area contributed by atoms with Gasteiger partial charge in [0.1, 0.15) is 5.82 Å². The minimum Gasteiger partial charge on any atom is -0.493 e. The predicted octanol–water partition coefficient (Wildman–Crippen LogP) is 4.02. The Labute approximate surface area is 154 Å². The van der Waals surface area contributed by atoms with Gasteiger partial charge in [0.25, 0.3) is 0 Å². The normalized spacial score (nSPS) is 16.8. The summed E-state index contributed by atoms with van der Waals surface area (Å²) in [6.07, 6.45) is 2.36. The van der Waals surface area contributed by atoms with E-state index in [0.717, 1.165) is 31.6 Å². The van der Waals surface area contributed by atoms with Crippen LogP contribution in [0.3, 0.4) is 0 Å². The van der Waals surface area contributed by atoms with Crippen molar-refractivity contribution in [2.24, 2.45) is 0 Å². The zero-order chi connectivity index (χ0) is 18.4. The molecule has 5 heteroatoms. The van der Waals surface area contributed by atoms with Crippen molar-refractivity contribution >= 4 is 0 Å². The Morgan fingerprint density at radius 1 is 1.08 bits per heavy atom. The molecule has 0 N–H and O–H groups in total. The Morgan fingerprint density at radius 2 is 1.88 bits per heavy atom. The van der Waals surface area contributed by atoms with Crippen LogP contribution in [-0.2, 0) is 17.8 Å². The van der Waals surface area contributed by atoms with Crippen LogP contribution in [0.25, 0.3) is 0 Å². The lowest BCUT2D eigenvalue weighted by molar-refractivity contribution is 0.0675. The van der Waals surface area contributed by atoms with Gasteiger partial charge in [-0.1, -0.05) is 24.3 Å². The molecule has 1 aliphatic heterocycles. The lowest BCUT2D eigenvalue weighted by atomic mass is 10.1. The van der Waals surface area contributed by atoms with E-state index < -0.39 is 0 Å². The maximum atomic E-state index is 14.1. The molecule has 2 aromatic carbocycles. The average molecular weight is 359 g/mol. The van der Waals surface area contributed by atoms with Gasteiger partial charge in [0.2, 0.25) is 0 Å². The predicted molar refractivity (Wildman–Crippen MR) is 99.0 cm³/mol. The van der Waals surface area contributed by atoms with Gasteiger partial charge >= 0.3 is 0 Å². The fourth-order valence-electron chi connectivity index (χ4n) is 3.37. The summed E-state index contributed by atoms with van der Waals surface area (Å²) in [5.74, 6) is 1.24. The van der Waals surface area contributed by atoms with Gasteiger partial charge in [-0.15, -0.1) is 0 Å². The summed E-state index contributed by atoms with van der Waals surface area (Å²) in [5, 5.41) is 0. The average Bonchev–Trinajstić information content (AvgIpc) is 3.16. The topological polar surface area (TPSA) is 30.9 Å². The smallest absolute Gasteiger partial charge is 0.161 e. The molecule has 0 radical (unpaired) electrons. The molecular formula is C21H26FNO3. The molecule has 0 bridgehead atoms. The Kier molecular flexibility index (Phi) is 6.47. The molecule has 140 valence electrons. The van der Waals surface area contributed by atoms with Crippen LogP contribution < -0.4 is 9.47 Å². The zero-order valence-corrected chi connectivity index (χ0v) is 15.4. The first-order valence-corrected chi connectivity index (χ1v) is 8.98. The Morgan fingerprint density at radius 3 is 2.58 bits per heavy atom. The summed E-state index contributed by atoms with van der Waals surface area (Å²) >= 11 is 0. The third-order valence-corrected chi connectivity index (χ3v) is 4.69. The molecule has 2 aromatic rings. The molecule has 1 heterocycles. The number of methoxy groups -OCH3 is 2. The summed E-state index contributed by atoms with van der Waals surface area (Å²) in [6.45, 7) is 2.83. The standard InChI is InChI=1S/C21H26FNO3/c1-24-20-10-9-16(12-21(20)25-2)13-23(15-18-7-5-11-26-18)14-17-6-3-4-8-19(17)22/h3-4,6,8-10,12,18H,5,7,11,13-15H2,1-2H3. The van der Waals surface area contributed by atoms with Gasteiger partial charge in [0.15, 0.2) is 11.5 Å². The van der Waals surface area contributed by atoms with E-state index in [9.17, 15) is 4.39 Å². The quantitative estimate of drug-likeness (QED) is 0.712. The van der Waals surface area contributed by atoms with Gasteiger partial charge in [0.05, 0.1) is 20.3 Å². The highest BCUT2D eigenvalue weighted by molar-refractivity contribution is 5.42. The molecule has 0 amide bonds. The van der Waals surface area contributed by atoms with Crippen LogP contribution in [0.4, 0.5) is 4.39 Å². The lowest BCUT2D eigenvalue weighted by Gasteiger charge is -2.26. The summed E-state index contributed by atoms with van der Waals surface area (Å²) in [6, 6.07) is 12.8. The monoisotopic (exact) mass is 359 g/mol. The van der Waals surface area contributed by atoms with Crippen molar-refractivity contribution in [1.82, 2.24) is 4.90 Å². The zero-order valence-electron chi connectivity index (χ0n) is 15.4. The largest absolute Gasteiger partial charge is 0.493 e. The van der Waals surface area contributed by atoms with E-state index in [1.54, 1.807) is 20.3 Å². The Bertz CT molecular complexity index is 716. The summed E-state index contributed by atoms with van der Waals surface area (Å²) in [5.41, 5.74) is 1.79. The third-order valence-electron chi connectivity index (χ3n) is 4.69. The number of nitrogens with zero attached hydrogens (tertiary/aromatic N) is 1. The Balaban J connectivity index is 1.77. The first kappa shape index (κ1) is 18.7. The SMILES string of the molecule is COc1ccc(CN(Cc2ccccc2F)CC2CCCO2)cc1OC. The van der Waals surface area contributed by atoms with Crippen LogP contribution in [0.5, 0.6) is 11.5 Å². The van der Waals surface area contributed by atoms with Crippen molar-refractivity contribution in [3.8, 4) is 11.5 Å². The first-order valence-electron chi connectivity index (χ1n) is 8.98. The van der Waals surface area contributed by atoms with E-state index in [2.05, 4.69) is 4.90 Å². The fraction of sp³-hybridized carbons (Fsp3) is 0.429. The van der Waals surface area contributed by atoms with Crippen molar-refractivity contribution in [2.45, 2.75) is 32.0 Å². The number of rotatable bonds is 8. The summed E-state index contributed by atoms with van der Waals surface area (Å²) in [4.78, 5) is 2.23. The van der Waals surface area contributed by atoms with Crippen LogP contribution in [-0.4, -0.2) is 38.4 Å². The van der Waals surface area contributed by atoms with Gasteiger partial charge in [0, 0.05) is 31.8 Å². The van der Waals surface area contributed by atoms with Crippen molar-refractivity contribution < 1.29 is 18.6 Å². The molecule has 0 spiro atoms. The maximum Gasteiger partial charge on any atom is 0.161 e. The van der Waals surface area contributed by atoms with Gasteiger partial charge in [-0.05, 0) is 36.6 Å². The van der Waals surface area contributed by atoms with Gasteiger partial charge in [-0.3, -0.25) is 4.90 Å². The highest BCUT2D eigenvalue weighted by Gasteiger charge is 2.20. The second-order valence-corrected chi connectivity index (χ2v) is 6.59. The molecule has 1 fully saturated rings. The molecule has 1 aliphatic rings. The highest BCUT2D eigenvalue weighted by Crippen LogP contribution is 2.28. The summed E-state index contributed by atoms with van der Waals surface area (Å²) < 4.78 is 30.6. The van der Waals surface area contributed by atoms with Crippen molar-refractivity contribution in [3.05, 3.63) is 59.4 Å². The second kappa shape index (κ2) is 9.01. The van der Waals surface area contributed by atoms with E-state index in [-0.39, 0.29) is 11.9 Å². The maximum absolute atomic E-state index is 14.1. The Hall–Kier alpha value is -2.11. The number of hydrogen-bond acceptors (Lipinski definition) is 4. The molecule has 1 atom stereocenters. The van der Waals surface area contributed by atoms with E-state index >= 15 is 0 Å². The van der Waals surface area contributed by atoms with Gasteiger partial charge in [-0.2, -0.15) is 0 Å². The highest BCUT2D eigenvalue weighted by atomic mass is 19.1. The molecule has 26 heavy (non-hydrogen) atoms. The molecule has 0 saturated carbocycles. The van der Waals surface area contributed by atoms with Crippen molar-refractivity contribution in [1.29, 1.82) is 0 Å². The third kappa shape index (κ3) is 4.74. The molecule has 0 aliphatic carbocycles. The number of halogens is 1. The molecule has 0 aromatic heterocycles. The minimum absolute atomic E-state index is 0.169. The van der Waals surface area contributed by atoms with Gasteiger partial charge in [-0.25, -0.2) is 4.39 Å². The van der Waals surface area contributed by atoms with E-state index in [0.29, 0.717) is 30.2 Å². The number of hydrogen-bond donors (Lipinski definition) is 0. The molecular weight excluding hydrogens is 333 g/mol. The van der Waals surface area contributed by atoms with Crippen LogP contribution in [0.2, 0.25) is 0 Å². The molecule has 3 rings (SSSR count). The van der Waals surface area contributed by atoms with E-state index in [1.807, 2.05) is 30.3 Å². The van der Waals surface area contributed by atoms with E-state index in [4.69, 9.17) is 14.2 Å². The lowest BCUT2D eigenvalue weighted by Crippen LogP contribution is -2.31. The molecule has 4 nitrogen and oxygen atoms in total. The van der Waals surface area contributed by atoms with Crippen molar-refractivity contribution in [3.63, 3.8) is 0 Å². The van der Waals surface area contributed by atoms with Crippen LogP contribution in [0.1, 0.15) is 24.0 Å². The second-order valence-electron chi connectivity index (χ2n) is 6.59. The minimum atomic E-state index is -0.169. The molecule has 1 unspecified atom stereocenters. The number of benzene rings is 2. The van der Waals surface area contributed by atoms with Crippen LogP contribution >= 0.6 is 0 Å². The first-order chi connectivity index (χ1) is 12.7. The van der Waals surface area contributed by atoms with E-state index in [1.165, 1.54) is 6.07 Å². The van der Waals surface area contributed by atoms with Crippen LogP contribution in [0.15, 0.2) is 42.5 Å². The van der Waals surface area contributed by atoms with Crippen molar-refractivity contribution in [2.75, 3.05) is 27.4 Å². The fourth-order valence-corrected chi connectivity index (χ4v) is 3.37. The number of ether oxygens (including phenoxy) is 3. The summed E-state index contributed by atoms with van der Waals surface area (Å²) in [7, 11) is 3.25. The molecule has 1 saturated heterocycles.